The topological polar surface area (TPSA) is 151 Å². The first-order chi connectivity index (χ1) is 16.9. The highest BCUT2D eigenvalue weighted by molar-refractivity contribution is 6.09. The zero-order valence-corrected chi connectivity index (χ0v) is 20.7. The number of hydrogen-bond donors (Lipinski definition) is 4. The molecule has 188 valence electrons. The Morgan fingerprint density at radius 2 is 1.19 bits per heavy atom. The highest BCUT2D eigenvalue weighted by Crippen LogP contribution is 2.47. The molecule has 10 heteroatoms. The molecule has 2 fully saturated rings. The van der Waals surface area contributed by atoms with Gasteiger partial charge in [0.1, 0.15) is 11.1 Å². The number of nitrogen functional groups attached to an aromatic ring is 2. The number of amides is 6. The van der Waals surface area contributed by atoms with Crippen LogP contribution in [0.2, 0.25) is 0 Å². The molecule has 4 aliphatic rings. The molecule has 2 spiro atoms. The van der Waals surface area contributed by atoms with Gasteiger partial charge in [0, 0.05) is 50.1 Å². The maximum atomic E-state index is 12.2. The SMILES string of the molecule is CC1c2cc(N)ccc2CC12C(=O)NC(=O)N2C.CC1c2ccc(N)cc2CC12C(=O)NC(=O)N2C. The van der Waals surface area contributed by atoms with E-state index in [1.807, 2.05) is 50.2 Å². The Hall–Kier alpha value is -4.08. The molecule has 2 saturated heterocycles. The fourth-order valence-corrected chi connectivity index (χ4v) is 6.40. The van der Waals surface area contributed by atoms with E-state index in [-0.39, 0.29) is 35.7 Å². The number of nitrogens with two attached hydrogens (primary N) is 2. The summed E-state index contributed by atoms with van der Waals surface area (Å²) in [6.45, 7) is 3.96. The van der Waals surface area contributed by atoms with E-state index in [2.05, 4.69) is 10.6 Å². The number of hydrogen-bond acceptors (Lipinski definition) is 6. The van der Waals surface area contributed by atoms with E-state index in [9.17, 15) is 19.2 Å². The number of carbonyl (C=O) groups excluding carboxylic acids is 4. The average molecular weight is 491 g/mol. The van der Waals surface area contributed by atoms with Gasteiger partial charge in [0.2, 0.25) is 0 Å². The molecule has 0 bridgehead atoms. The highest BCUT2D eigenvalue weighted by Gasteiger charge is 2.59. The van der Waals surface area contributed by atoms with Crippen LogP contribution in [-0.4, -0.2) is 58.8 Å². The first-order valence-corrected chi connectivity index (χ1v) is 11.9. The average Bonchev–Trinajstić information content (AvgIpc) is 3.44. The Bertz CT molecular complexity index is 1310. The quantitative estimate of drug-likeness (QED) is 0.326. The van der Waals surface area contributed by atoms with Crippen LogP contribution in [0.1, 0.15) is 47.9 Å². The molecular weight excluding hydrogens is 460 g/mol. The van der Waals surface area contributed by atoms with Crippen molar-refractivity contribution in [2.45, 2.75) is 49.6 Å². The van der Waals surface area contributed by atoms with Gasteiger partial charge in [-0.25, -0.2) is 9.59 Å². The van der Waals surface area contributed by atoms with Crippen LogP contribution in [-0.2, 0) is 22.4 Å². The number of anilines is 2. The summed E-state index contributed by atoms with van der Waals surface area (Å²) in [5, 5.41) is 4.79. The fourth-order valence-electron chi connectivity index (χ4n) is 6.40. The van der Waals surface area contributed by atoms with Gasteiger partial charge in [-0.05, 0) is 46.5 Å². The first-order valence-electron chi connectivity index (χ1n) is 11.9. The summed E-state index contributed by atoms with van der Waals surface area (Å²) in [6.07, 6.45) is 1.08. The maximum Gasteiger partial charge on any atom is 0.324 e. The molecule has 2 aromatic rings. The van der Waals surface area contributed by atoms with Gasteiger partial charge in [0.25, 0.3) is 11.8 Å². The highest BCUT2D eigenvalue weighted by atomic mass is 16.2. The van der Waals surface area contributed by atoms with Gasteiger partial charge in [-0.1, -0.05) is 26.0 Å². The predicted molar refractivity (Wildman–Crippen MR) is 134 cm³/mol. The van der Waals surface area contributed by atoms with E-state index < -0.39 is 11.1 Å². The molecule has 4 unspecified atom stereocenters. The molecule has 10 nitrogen and oxygen atoms in total. The van der Waals surface area contributed by atoms with Crippen molar-refractivity contribution >= 4 is 35.3 Å². The number of nitrogens with zero attached hydrogens (tertiary/aromatic N) is 2. The number of benzene rings is 2. The van der Waals surface area contributed by atoms with Crippen molar-refractivity contribution in [2.24, 2.45) is 0 Å². The Labute approximate surface area is 209 Å². The molecule has 6 rings (SSSR count). The zero-order valence-electron chi connectivity index (χ0n) is 20.7. The second-order valence-electron chi connectivity index (χ2n) is 10.2. The fraction of sp³-hybridized carbons (Fsp3) is 0.385. The number of rotatable bonds is 0. The summed E-state index contributed by atoms with van der Waals surface area (Å²) in [4.78, 5) is 50.8. The summed E-state index contributed by atoms with van der Waals surface area (Å²) in [7, 11) is 3.35. The van der Waals surface area contributed by atoms with E-state index in [4.69, 9.17) is 11.5 Å². The third-order valence-corrected chi connectivity index (χ3v) is 8.66. The van der Waals surface area contributed by atoms with Gasteiger partial charge in [-0.15, -0.1) is 0 Å². The van der Waals surface area contributed by atoms with E-state index in [0.29, 0.717) is 24.2 Å². The van der Waals surface area contributed by atoms with Crippen LogP contribution in [0, 0.1) is 0 Å². The molecule has 0 saturated carbocycles. The molecule has 6 N–H and O–H groups in total. The Morgan fingerprint density at radius 3 is 1.72 bits per heavy atom. The van der Waals surface area contributed by atoms with Crippen molar-refractivity contribution < 1.29 is 19.2 Å². The normalized spacial score (nSPS) is 29.9. The van der Waals surface area contributed by atoms with Crippen LogP contribution >= 0.6 is 0 Å². The lowest BCUT2D eigenvalue weighted by molar-refractivity contribution is -0.127. The smallest absolute Gasteiger partial charge is 0.324 e. The minimum absolute atomic E-state index is 0.0236. The summed E-state index contributed by atoms with van der Waals surface area (Å²) in [5.41, 5.74) is 15.7. The van der Waals surface area contributed by atoms with Crippen LogP contribution in [0.5, 0.6) is 0 Å². The zero-order chi connectivity index (χ0) is 26.2. The third-order valence-electron chi connectivity index (χ3n) is 8.66. The van der Waals surface area contributed by atoms with Gasteiger partial charge in [0.05, 0.1) is 0 Å². The number of carbonyl (C=O) groups is 4. The largest absolute Gasteiger partial charge is 0.399 e. The van der Waals surface area contributed by atoms with Crippen LogP contribution in [0.3, 0.4) is 0 Å². The number of fused-ring (bicyclic) bond motifs is 2. The monoisotopic (exact) mass is 490 g/mol. The van der Waals surface area contributed by atoms with E-state index in [0.717, 1.165) is 22.3 Å². The Balaban J connectivity index is 0.000000148. The van der Waals surface area contributed by atoms with Crippen molar-refractivity contribution in [3.63, 3.8) is 0 Å². The molecule has 4 atom stereocenters. The summed E-state index contributed by atoms with van der Waals surface area (Å²) >= 11 is 0. The molecular formula is C26H30N6O4. The third kappa shape index (κ3) is 2.96. The molecule has 0 radical (unpaired) electrons. The minimum atomic E-state index is -0.785. The van der Waals surface area contributed by atoms with Crippen LogP contribution in [0.4, 0.5) is 21.0 Å². The summed E-state index contributed by atoms with van der Waals surface area (Å²) in [5.74, 6) is -0.494. The van der Waals surface area contributed by atoms with Crippen molar-refractivity contribution in [3.8, 4) is 0 Å². The van der Waals surface area contributed by atoms with Crippen LogP contribution < -0.4 is 22.1 Å². The number of imide groups is 2. The maximum absolute atomic E-state index is 12.2. The summed E-state index contributed by atoms with van der Waals surface area (Å²) < 4.78 is 0. The van der Waals surface area contributed by atoms with Gasteiger partial charge in [-0.3, -0.25) is 20.2 Å². The molecule has 6 amide bonds. The van der Waals surface area contributed by atoms with Gasteiger partial charge < -0.3 is 21.3 Å². The Kier molecular flexibility index (Phi) is 5.07. The van der Waals surface area contributed by atoms with Gasteiger partial charge >= 0.3 is 12.1 Å². The van der Waals surface area contributed by atoms with Crippen molar-refractivity contribution in [1.82, 2.24) is 20.4 Å². The predicted octanol–water partition coefficient (Wildman–Crippen LogP) is 1.70. The molecule has 36 heavy (non-hydrogen) atoms. The second-order valence-corrected chi connectivity index (χ2v) is 10.2. The van der Waals surface area contributed by atoms with Gasteiger partial charge in [-0.2, -0.15) is 0 Å². The summed E-state index contributed by atoms with van der Waals surface area (Å²) in [6, 6.07) is 10.7. The number of likely N-dealkylation sites (N-methyl/N-ethyl adjacent to an activating group) is 2. The van der Waals surface area contributed by atoms with E-state index in [1.54, 1.807) is 14.1 Å². The molecule has 2 aromatic carbocycles. The number of urea groups is 2. The van der Waals surface area contributed by atoms with Crippen molar-refractivity contribution in [1.29, 1.82) is 0 Å². The van der Waals surface area contributed by atoms with Crippen LogP contribution in [0.15, 0.2) is 36.4 Å². The molecule has 2 heterocycles. The molecule has 0 aromatic heterocycles. The lowest BCUT2D eigenvalue weighted by Gasteiger charge is -2.32. The van der Waals surface area contributed by atoms with Crippen molar-refractivity contribution in [3.05, 3.63) is 58.7 Å². The second kappa shape index (κ2) is 7.71. The molecule has 2 aliphatic heterocycles. The number of nitrogens with one attached hydrogen (secondary N) is 2. The lowest BCUT2D eigenvalue weighted by Crippen LogP contribution is -2.50. The van der Waals surface area contributed by atoms with E-state index in [1.165, 1.54) is 9.80 Å². The van der Waals surface area contributed by atoms with Crippen LogP contribution in [0.25, 0.3) is 0 Å². The standard InChI is InChI=1S/2C13H15N3O2/c1-7-10-4-3-9(14)5-8(10)6-13(7)11(17)15-12(18)16(13)2;1-7-10-5-9(14)4-3-8(10)6-13(7)11(17)15-12(18)16(13)2/h2*3-5,7H,6,14H2,1-2H3,(H,15,17,18). The minimum Gasteiger partial charge on any atom is -0.399 e. The van der Waals surface area contributed by atoms with Crippen molar-refractivity contribution in [2.75, 3.05) is 25.6 Å². The Morgan fingerprint density at radius 1 is 0.722 bits per heavy atom. The molecule has 2 aliphatic carbocycles. The van der Waals surface area contributed by atoms with E-state index >= 15 is 0 Å². The first kappa shape index (κ1) is 23.7. The van der Waals surface area contributed by atoms with Gasteiger partial charge in [0.15, 0.2) is 0 Å². The lowest BCUT2D eigenvalue weighted by atomic mass is 9.85.